The van der Waals surface area contributed by atoms with E-state index in [4.69, 9.17) is 9.47 Å². The summed E-state index contributed by atoms with van der Waals surface area (Å²) in [4.78, 5) is 12.6. The van der Waals surface area contributed by atoms with E-state index in [1.165, 1.54) is 7.11 Å². The van der Waals surface area contributed by atoms with Crippen LogP contribution in [0.3, 0.4) is 0 Å². The van der Waals surface area contributed by atoms with Crippen LogP contribution in [0.5, 0.6) is 11.8 Å². The standard InChI is InChI=1S/C14H19N5O2/c1-4-15-12-17-13(19-14(18-12)20-3)16-10-7-6-8-11(9-10)21-5-2/h6-9H,4-5H2,1-3H3,(H2,15,16,17,18,19). The van der Waals surface area contributed by atoms with Gasteiger partial charge in [-0.1, -0.05) is 6.07 Å². The number of methoxy groups -OCH3 is 1. The molecule has 0 amide bonds. The van der Waals surface area contributed by atoms with E-state index in [-0.39, 0.29) is 6.01 Å². The second-order valence-electron chi connectivity index (χ2n) is 4.09. The molecule has 7 heteroatoms. The first-order valence-corrected chi connectivity index (χ1v) is 6.79. The smallest absolute Gasteiger partial charge is 0.322 e. The Morgan fingerprint density at radius 1 is 1.10 bits per heavy atom. The summed E-state index contributed by atoms with van der Waals surface area (Å²) in [5.74, 6) is 1.66. The minimum absolute atomic E-state index is 0.254. The van der Waals surface area contributed by atoms with Crippen LogP contribution in [0.2, 0.25) is 0 Å². The van der Waals surface area contributed by atoms with Gasteiger partial charge in [-0.15, -0.1) is 0 Å². The third kappa shape index (κ3) is 4.20. The van der Waals surface area contributed by atoms with Crippen molar-refractivity contribution in [2.24, 2.45) is 0 Å². The molecule has 0 bridgehead atoms. The van der Waals surface area contributed by atoms with Gasteiger partial charge in [-0.3, -0.25) is 0 Å². The van der Waals surface area contributed by atoms with Gasteiger partial charge in [-0.05, 0) is 26.0 Å². The first kappa shape index (κ1) is 14.8. The quantitative estimate of drug-likeness (QED) is 0.810. The number of hydrogen-bond acceptors (Lipinski definition) is 7. The summed E-state index contributed by atoms with van der Waals surface area (Å²) in [6.45, 7) is 5.24. The zero-order valence-corrected chi connectivity index (χ0v) is 12.4. The van der Waals surface area contributed by atoms with Gasteiger partial charge in [-0.2, -0.15) is 15.0 Å². The Morgan fingerprint density at radius 2 is 1.90 bits per heavy atom. The highest BCUT2D eigenvalue weighted by molar-refractivity contribution is 5.56. The van der Waals surface area contributed by atoms with Gasteiger partial charge in [0.15, 0.2) is 0 Å². The van der Waals surface area contributed by atoms with Crippen molar-refractivity contribution in [2.75, 3.05) is 30.9 Å². The second-order valence-corrected chi connectivity index (χ2v) is 4.09. The first-order chi connectivity index (χ1) is 10.2. The Balaban J connectivity index is 2.21. The van der Waals surface area contributed by atoms with Gasteiger partial charge in [-0.25, -0.2) is 0 Å². The lowest BCUT2D eigenvalue weighted by Gasteiger charge is -2.10. The van der Waals surface area contributed by atoms with Crippen molar-refractivity contribution in [2.45, 2.75) is 13.8 Å². The van der Waals surface area contributed by atoms with Crippen LogP contribution in [0.1, 0.15) is 13.8 Å². The molecule has 1 aromatic carbocycles. The Kier molecular flexibility index (Phi) is 5.14. The van der Waals surface area contributed by atoms with E-state index in [0.29, 0.717) is 25.0 Å². The maximum Gasteiger partial charge on any atom is 0.322 e. The number of nitrogens with one attached hydrogen (secondary N) is 2. The number of nitrogens with zero attached hydrogens (tertiary/aromatic N) is 3. The van der Waals surface area contributed by atoms with Gasteiger partial charge in [0, 0.05) is 18.3 Å². The monoisotopic (exact) mass is 289 g/mol. The normalized spacial score (nSPS) is 10.0. The van der Waals surface area contributed by atoms with E-state index in [9.17, 15) is 0 Å². The van der Waals surface area contributed by atoms with E-state index in [2.05, 4.69) is 25.6 Å². The predicted octanol–water partition coefficient (Wildman–Crippen LogP) is 2.45. The number of hydrogen-bond donors (Lipinski definition) is 2. The molecule has 0 saturated heterocycles. The number of aromatic nitrogens is 3. The largest absolute Gasteiger partial charge is 0.494 e. The molecule has 0 aliphatic carbocycles. The van der Waals surface area contributed by atoms with E-state index in [1.807, 2.05) is 38.1 Å². The molecule has 112 valence electrons. The summed E-state index contributed by atoms with van der Waals surface area (Å²) in [6, 6.07) is 7.84. The van der Waals surface area contributed by atoms with Crippen molar-refractivity contribution in [3.8, 4) is 11.8 Å². The first-order valence-electron chi connectivity index (χ1n) is 6.79. The predicted molar refractivity (Wildman–Crippen MR) is 81.4 cm³/mol. The molecule has 0 aliphatic heterocycles. The van der Waals surface area contributed by atoms with Gasteiger partial charge in [0.2, 0.25) is 11.9 Å². The molecule has 0 aliphatic rings. The number of anilines is 3. The van der Waals surface area contributed by atoms with Crippen LogP contribution in [0.4, 0.5) is 17.6 Å². The van der Waals surface area contributed by atoms with Crippen molar-refractivity contribution in [1.82, 2.24) is 15.0 Å². The molecule has 1 aromatic heterocycles. The van der Waals surface area contributed by atoms with Gasteiger partial charge in [0.05, 0.1) is 13.7 Å². The molecule has 0 spiro atoms. The van der Waals surface area contributed by atoms with Gasteiger partial charge >= 0.3 is 6.01 Å². The Bertz CT molecular complexity index is 591. The molecule has 2 N–H and O–H groups in total. The van der Waals surface area contributed by atoms with Crippen molar-refractivity contribution >= 4 is 17.6 Å². The lowest BCUT2D eigenvalue weighted by atomic mass is 10.3. The third-order valence-corrected chi connectivity index (χ3v) is 2.53. The van der Waals surface area contributed by atoms with E-state index in [1.54, 1.807) is 0 Å². The average molecular weight is 289 g/mol. The highest BCUT2D eigenvalue weighted by Crippen LogP contribution is 2.21. The number of ether oxygens (including phenoxy) is 2. The number of rotatable bonds is 7. The highest BCUT2D eigenvalue weighted by atomic mass is 16.5. The maximum absolute atomic E-state index is 5.46. The lowest BCUT2D eigenvalue weighted by Crippen LogP contribution is -2.07. The molecule has 0 atom stereocenters. The molecule has 0 saturated carbocycles. The van der Waals surface area contributed by atoms with E-state index < -0.39 is 0 Å². The van der Waals surface area contributed by atoms with E-state index >= 15 is 0 Å². The van der Waals surface area contributed by atoms with Crippen LogP contribution in [0.25, 0.3) is 0 Å². The summed E-state index contributed by atoms with van der Waals surface area (Å²) in [7, 11) is 1.52. The maximum atomic E-state index is 5.46. The molecular weight excluding hydrogens is 270 g/mol. The molecule has 0 unspecified atom stereocenters. The molecule has 1 heterocycles. The summed E-state index contributed by atoms with van der Waals surface area (Å²) in [5, 5.41) is 6.15. The third-order valence-electron chi connectivity index (χ3n) is 2.53. The van der Waals surface area contributed by atoms with Crippen LogP contribution in [-0.4, -0.2) is 35.2 Å². The molecule has 21 heavy (non-hydrogen) atoms. The Morgan fingerprint density at radius 3 is 2.62 bits per heavy atom. The fraction of sp³-hybridized carbons (Fsp3) is 0.357. The topological polar surface area (TPSA) is 81.2 Å². The van der Waals surface area contributed by atoms with Crippen molar-refractivity contribution in [1.29, 1.82) is 0 Å². The second kappa shape index (κ2) is 7.28. The minimum atomic E-state index is 0.254. The van der Waals surface area contributed by atoms with Crippen molar-refractivity contribution < 1.29 is 9.47 Å². The van der Waals surface area contributed by atoms with Crippen LogP contribution in [-0.2, 0) is 0 Å². The van der Waals surface area contributed by atoms with Crippen LogP contribution in [0, 0.1) is 0 Å². The van der Waals surface area contributed by atoms with Crippen LogP contribution < -0.4 is 20.1 Å². The average Bonchev–Trinajstić information content (AvgIpc) is 2.48. The summed E-state index contributed by atoms with van der Waals surface area (Å²) < 4.78 is 10.5. The number of benzene rings is 1. The lowest BCUT2D eigenvalue weighted by molar-refractivity contribution is 0.340. The molecule has 0 radical (unpaired) electrons. The summed E-state index contributed by atoms with van der Waals surface area (Å²) >= 11 is 0. The molecule has 2 rings (SSSR count). The van der Waals surface area contributed by atoms with Crippen LogP contribution >= 0.6 is 0 Å². The zero-order valence-electron chi connectivity index (χ0n) is 12.4. The van der Waals surface area contributed by atoms with Gasteiger partial charge in [0.25, 0.3) is 0 Å². The summed E-state index contributed by atoms with van der Waals surface area (Å²) in [5.41, 5.74) is 0.830. The van der Waals surface area contributed by atoms with Crippen molar-refractivity contribution in [3.05, 3.63) is 24.3 Å². The fourth-order valence-electron chi connectivity index (χ4n) is 1.70. The molecule has 0 fully saturated rings. The Hall–Kier alpha value is -2.57. The molecule has 2 aromatic rings. The SMILES string of the molecule is CCNc1nc(Nc2cccc(OCC)c2)nc(OC)n1. The van der Waals surface area contributed by atoms with Gasteiger partial charge < -0.3 is 20.1 Å². The summed E-state index contributed by atoms with van der Waals surface area (Å²) in [6.07, 6.45) is 0. The van der Waals surface area contributed by atoms with Crippen LogP contribution in [0.15, 0.2) is 24.3 Å². The minimum Gasteiger partial charge on any atom is -0.494 e. The van der Waals surface area contributed by atoms with Crippen molar-refractivity contribution in [3.63, 3.8) is 0 Å². The Labute approximate surface area is 123 Å². The van der Waals surface area contributed by atoms with Gasteiger partial charge in [0.1, 0.15) is 5.75 Å². The molecule has 7 nitrogen and oxygen atoms in total. The highest BCUT2D eigenvalue weighted by Gasteiger charge is 2.07. The zero-order chi connectivity index (χ0) is 15.1. The fourth-order valence-corrected chi connectivity index (χ4v) is 1.70. The molecular formula is C14H19N5O2. The van der Waals surface area contributed by atoms with E-state index in [0.717, 1.165) is 11.4 Å².